The van der Waals surface area contributed by atoms with Gasteiger partial charge in [0.2, 0.25) is 0 Å². The van der Waals surface area contributed by atoms with E-state index in [0.717, 1.165) is 70.8 Å². The molecule has 4 rings (SSSR count). The van der Waals surface area contributed by atoms with E-state index in [4.69, 9.17) is 47.6 Å². The zero-order valence-electron chi connectivity index (χ0n) is 32.7. The molecule has 300 valence electrons. The first-order chi connectivity index (χ1) is 24.8. The Morgan fingerprint density at radius 3 is 2.00 bits per heavy atom. The molecule has 14 nitrogen and oxygen atoms in total. The molecule has 0 bridgehead atoms. The predicted octanol–water partition coefficient (Wildman–Crippen LogP) is 2.94. The van der Waals surface area contributed by atoms with Gasteiger partial charge >= 0.3 is 0 Å². The SMILES string of the molecule is C[C@H](CCCN(C)CO)[C@H]1CC[C@H]2C3[C@H](OCCCNC(=N)N)CC4C[C@H](OCCCNC(=N)N)CCC4(C)[C@H]3C[C@H](OCCCNC(=N)N)[C@]12C. The van der Waals surface area contributed by atoms with Gasteiger partial charge in [0.1, 0.15) is 0 Å². The molecule has 0 saturated heterocycles. The van der Waals surface area contributed by atoms with Crippen molar-refractivity contribution in [3.8, 4) is 0 Å². The lowest BCUT2D eigenvalue weighted by Crippen LogP contribution is -2.63. The molecule has 0 aromatic heterocycles. The minimum absolute atomic E-state index is 0.000608. The third kappa shape index (κ3) is 10.6. The monoisotopic (exact) mass is 735 g/mol. The number of aliphatic hydroxyl groups excluding tert-OH is 1. The molecule has 11 atom stereocenters. The van der Waals surface area contributed by atoms with Crippen LogP contribution in [-0.2, 0) is 14.2 Å². The van der Waals surface area contributed by atoms with E-state index in [0.29, 0.717) is 75.0 Å². The Morgan fingerprint density at radius 1 is 0.808 bits per heavy atom. The zero-order valence-corrected chi connectivity index (χ0v) is 32.7. The topological polar surface area (TPSA) is 237 Å². The van der Waals surface area contributed by atoms with Crippen molar-refractivity contribution in [3.05, 3.63) is 0 Å². The number of fused-ring (bicyclic) bond motifs is 5. The van der Waals surface area contributed by atoms with Crippen molar-refractivity contribution >= 4 is 17.9 Å². The van der Waals surface area contributed by atoms with Gasteiger partial charge in [-0.1, -0.05) is 20.8 Å². The average Bonchev–Trinajstić information content (AvgIpc) is 3.45. The van der Waals surface area contributed by atoms with Crippen molar-refractivity contribution < 1.29 is 19.3 Å². The fraction of sp³-hybridized carbons (Fsp3) is 0.921. The summed E-state index contributed by atoms with van der Waals surface area (Å²) in [6, 6.07) is 0. The number of nitrogens with zero attached hydrogens (tertiary/aromatic N) is 1. The zero-order chi connectivity index (χ0) is 37.9. The maximum Gasteiger partial charge on any atom is 0.185 e. The van der Waals surface area contributed by atoms with E-state index < -0.39 is 0 Å². The number of aliphatic hydroxyl groups is 1. The van der Waals surface area contributed by atoms with Gasteiger partial charge < -0.3 is 52.5 Å². The first kappa shape index (κ1) is 42.4. The second-order valence-corrected chi connectivity index (χ2v) is 17.0. The van der Waals surface area contributed by atoms with Gasteiger partial charge in [0.05, 0.1) is 25.0 Å². The predicted molar refractivity (Wildman–Crippen MR) is 207 cm³/mol. The molecular weight excluding hydrogens is 660 g/mol. The lowest BCUT2D eigenvalue weighted by molar-refractivity contribution is -0.227. The standard InChI is InChI=1S/C38H74N10O4/c1-25(9-5-17-48(4)24-49)28-10-11-29-33-30(23-32(38(28,29)3)52-20-8-16-47-36(43)44)37(2)13-12-27(50-18-6-14-45-34(39)40)21-26(37)22-31(33)51-19-7-15-46-35(41)42/h25-33,49H,5-24H2,1-4H3,(H4,39,40,45)(H4,41,42,46)(H4,43,44,47)/t25-,26?,27-,28-,29+,30+,31-,32+,33?,37?,38-/m1/s1. The number of nitrogens with one attached hydrogen (secondary N) is 6. The minimum atomic E-state index is -0.000828. The molecule has 4 aliphatic carbocycles. The van der Waals surface area contributed by atoms with Gasteiger partial charge in [0, 0.05) is 44.9 Å². The number of hydrogen-bond acceptors (Lipinski definition) is 8. The Bertz CT molecular complexity index is 1150. The Morgan fingerprint density at radius 2 is 1.40 bits per heavy atom. The van der Waals surface area contributed by atoms with Gasteiger partial charge in [0.25, 0.3) is 0 Å². The summed E-state index contributed by atoms with van der Waals surface area (Å²) in [5.41, 5.74) is 16.8. The smallest absolute Gasteiger partial charge is 0.185 e. The summed E-state index contributed by atoms with van der Waals surface area (Å²) in [5, 5.41) is 40.9. The van der Waals surface area contributed by atoms with Crippen LogP contribution >= 0.6 is 0 Å². The third-order valence-electron chi connectivity index (χ3n) is 13.8. The first-order valence-corrected chi connectivity index (χ1v) is 20.2. The maximum absolute atomic E-state index is 9.57. The summed E-state index contributed by atoms with van der Waals surface area (Å²) < 4.78 is 20.5. The Kier molecular flexibility index (Phi) is 16.1. The largest absolute Gasteiger partial charge is 0.381 e. The van der Waals surface area contributed by atoms with Crippen LogP contribution in [-0.4, -0.2) is 106 Å². The summed E-state index contributed by atoms with van der Waals surface area (Å²) >= 11 is 0. The summed E-state index contributed by atoms with van der Waals surface area (Å²) in [5.74, 6) is 3.03. The quantitative estimate of drug-likeness (QED) is 0.0356. The Hall–Kier alpha value is -2.39. The Balaban J connectivity index is 1.57. The molecule has 52 heavy (non-hydrogen) atoms. The third-order valence-corrected chi connectivity index (χ3v) is 13.8. The highest BCUT2D eigenvalue weighted by molar-refractivity contribution is 5.74. The fourth-order valence-electron chi connectivity index (χ4n) is 11.2. The lowest BCUT2D eigenvalue weighted by Gasteiger charge is -2.65. The van der Waals surface area contributed by atoms with Crippen LogP contribution in [0.4, 0.5) is 0 Å². The molecule has 4 aliphatic rings. The highest BCUT2D eigenvalue weighted by Crippen LogP contribution is 2.69. The normalized spacial score (nSPS) is 34.5. The molecule has 13 N–H and O–H groups in total. The molecule has 4 saturated carbocycles. The van der Waals surface area contributed by atoms with E-state index in [-0.39, 0.29) is 53.8 Å². The van der Waals surface area contributed by atoms with Crippen molar-refractivity contribution in [2.75, 3.05) is 59.8 Å². The van der Waals surface area contributed by atoms with E-state index in [1.165, 1.54) is 12.8 Å². The van der Waals surface area contributed by atoms with E-state index in [9.17, 15) is 5.11 Å². The van der Waals surface area contributed by atoms with Gasteiger partial charge in [-0.25, -0.2) is 0 Å². The molecule has 0 radical (unpaired) electrons. The van der Waals surface area contributed by atoms with Gasteiger partial charge in [-0.05, 0) is 132 Å². The van der Waals surface area contributed by atoms with Crippen molar-refractivity contribution in [1.82, 2.24) is 20.9 Å². The molecule has 14 heteroatoms. The van der Waals surface area contributed by atoms with Crippen molar-refractivity contribution in [2.45, 2.75) is 116 Å². The van der Waals surface area contributed by atoms with E-state index in [1.54, 1.807) is 0 Å². The van der Waals surface area contributed by atoms with Crippen LogP contribution in [0.5, 0.6) is 0 Å². The molecule has 0 heterocycles. The van der Waals surface area contributed by atoms with E-state index >= 15 is 0 Å². The van der Waals surface area contributed by atoms with Crippen molar-refractivity contribution in [1.29, 1.82) is 16.2 Å². The van der Waals surface area contributed by atoms with Crippen LogP contribution in [0.1, 0.15) is 97.8 Å². The second kappa shape index (κ2) is 19.8. The molecule has 0 aromatic carbocycles. The molecule has 0 spiro atoms. The fourth-order valence-corrected chi connectivity index (χ4v) is 11.2. The molecule has 0 aliphatic heterocycles. The first-order valence-electron chi connectivity index (χ1n) is 20.2. The van der Waals surface area contributed by atoms with Gasteiger partial charge in [0.15, 0.2) is 17.9 Å². The molecular formula is C38H74N10O4. The number of nitrogens with two attached hydrogens (primary N) is 3. The number of hydrogen-bond donors (Lipinski definition) is 10. The molecule has 0 aromatic rings. The molecule has 4 fully saturated rings. The highest BCUT2D eigenvalue weighted by Gasteiger charge is 2.66. The van der Waals surface area contributed by atoms with Crippen molar-refractivity contribution in [2.24, 2.45) is 63.5 Å². The summed E-state index contributed by atoms with van der Waals surface area (Å²) in [6.45, 7) is 12.4. The van der Waals surface area contributed by atoms with E-state index in [1.807, 2.05) is 11.9 Å². The summed E-state index contributed by atoms with van der Waals surface area (Å²) in [4.78, 5) is 1.98. The summed E-state index contributed by atoms with van der Waals surface area (Å²) in [7, 11) is 1.98. The van der Waals surface area contributed by atoms with Crippen LogP contribution < -0.4 is 33.2 Å². The van der Waals surface area contributed by atoms with Gasteiger partial charge in [-0.3, -0.25) is 21.1 Å². The van der Waals surface area contributed by atoms with Crippen LogP contribution in [0.15, 0.2) is 0 Å². The Labute approximate surface area is 313 Å². The summed E-state index contributed by atoms with van der Waals surface area (Å²) in [6.07, 6.45) is 12.9. The maximum atomic E-state index is 9.57. The lowest BCUT2D eigenvalue weighted by atomic mass is 9.43. The second-order valence-electron chi connectivity index (χ2n) is 17.0. The van der Waals surface area contributed by atoms with Crippen LogP contribution in [0.3, 0.4) is 0 Å². The molecule has 0 amide bonds. The minimum Gasteiger partial charge on any atom is -0.381 e. The van der Waals surface area contributed by atoms with Gasteiger partial charge in [-0.2, -0.15) is 0 Å². The van der Waals surface area contributed by atoms with Gasteiger partial charge in [-0.15, -0.1) is 0 Å². The van der Waals surface area contributed by atoms with E-state index in [2.05, 4.69) is 36.7 Å². The van der Waals surface area contributed by atoms with Crippen LogP contribution in [0.2, 0.25) is 0 Å². The van der Waals surface area contributed by atoms with Crippen LogP contribution in [0.25, 0.3) is 0 Å². The number of guanidine groups is 3. The average molecular weight is 735 g/mol. The number of rotatable bonds is 21. The van der Waals surface area contributed by atoms with Crippen LogP contribution in [0, 0.1) is 62.6 Å². The highest BCUT2D eigenvalue weighted by atomic mass is 16.5. The van der Waals surface area contributed by atoms with Crippen molar-refractivity contribution in [3.63, 3.8) is 0 Å². The molecule has 3 unspecified atom stereocenters. The number of ether oxygens (including phenoxy) is 3.